The lowest BCUT2D eigenvalue weighted by atomic mass is 10.1. The number of nitrogens with zero attached hydrogens (tertiary/aromatic N) is 2. The van der Waals surface area contributed by atoms with Crippen LogP contribution in [0.15, 0.2) is 61.2 Å². The third kappa shape index (κ3) is 5.20. The molecule has 3 rings (SSSR count). The van der Waals surface area contributed by atoms with Gasteiger partial charge in [0.15, 0.2) is 0 Å². The molecule has 1 aliphatic rings. The molecule has 0 radical (unpaired) electrons. The fraction of sp³-hybridized carbons (Fsp3) is 0.333. The molecular formula is C24H28N2O4. The lowest BCUT2D eigenvalue weighted by molar-refractivity contribution is 0.0584. The van der Waals surface area contributed by atoms with E-state index in [0.717, 1.165) is 16.8 Å². The number of benzene rings is 2. The molecule has 2 aromatic rings. The minimum atomic E-state index is -0.553. The van der Waals surface area contributed by atoms with E-state index < -0.39 is 11.7 Å². The fourth-order valence-corrected chi connectivity index (χ4v) is 3.27. The van der Waals surface area contributed by atoms with Crippen LogP contribution in [-0.4, -0.2) is 30.9 Å². The number of amides is 2. The topological polar surface area (TPSA) is 59.1 Å². The second-order valence-corrected chi connectivity index (χ2v) is 8.13. The summed E-state index contributed by atoms with van der Waals surface area (Å²) in [4.78, 5) is 28.4. The smallest absolute Gasteiger partial charge is 0.414 e. The number of carbonyl (C=O) groups excluding carboxylic acids is 2. The maximum atomic E-state index is 12.7. The zero-order valence-electron chi connectivity index (χ0n) is 17.8. The zero-order chi connectivity index (χ0) is 21.7. The van der Waals surface area contributed by atoms with Crippen molar-refractivity contribution in [2.24, 2.45) is 0 Å². The van der Waals surface area contributed by atoms with Crippen LogP contribution in [0.2, 0.25) is 0 Å². The average molecular weight is 408 g/mol. The molecule has 158 valence electrons. The summed E-state index contributed by atoms with van der Waals surface area (Å²) in [5, 5.41) is 0. The van der Waals surface area contributed by atoms with Gasteiger partial charge in [-0.1, -0.05) is 36.4 Å². The summed E-state index contributed by atoms with van der Waals surface area (Å²) in [6, 6.07) is 15.1. The first-order valence-electron chi connectivity index (χ1n) is 10.0. The molecule has 0 fully saturated rings. The summed E-state index contributed by atoms with van der Waals surface area (Å²) in [6.07, 6.45) is 1.55. The predicted octanol–water partition coefficient (Wildman–Crippen LogP) is 5.31. The van der Waals surface area contributed by atoms with Crippen LogP contribution in [0.5, 0.6) is 0 Å². The molecule has 6 heteroatoms. The van der Waals surface area contributed by atoms with Crippen molar-refractivity contribution >= 4 is 23.6 Å². The van der Waals surface area contributed by atoms with Gasteiger partial charge in [-0.25, -0.2) is 9.59 Å². The van der Waals surface area contributed by atoms with Crippen LogP contribution >= 0.6 is 0 Å². The Morgan fingerprint density at radius 1 is 1.17 bits per heavy atom. The number of carbonyl (C=O) groups is 2. The largest absolute Gasteiger partial charge is 0.444 e. The maximum absolute atomic E-state index is 12.7. The van der Waals surface area contributed by atoms with Crippen molar-refractivity contribution in [1.29, 1.82) is 0 Å². The summed E-state index contributed by atoms with van der Waals surface area (Å²) in [5.74, 6) is 0. The highest BCUT2D eigenvalue weighted by Gasteiger charge is 2.30. The van der Waals surface area contributed by atoms with E-state index in [9.17, 15) is 9.59 Å². The van der Waals surface area contributed by atoms with Crippen LogP contribution in [0, 0.1) is 0 Å². The highest BCUT2D eigenvalue weighted by molar-refractivity contribution is 5.93. The number of rotatable bonds is 5. The maximum Gasteiger partial charge on any atom is 0.414 e. The molecule has 0 unspecified atom stereocenters. The Balaban J connectivity index is 1.74. The third-order valence-electron chi connectivity index (χ3n) is 4.62. The normalized spacial score (nSPS) is 12.8. The molecule has 2 aromatic carbocycles. The van der Waals surface area contributed by atoms with E-state index >= 15 is 0 Å². The van der Waals surface area contributed by atoms with Crippen molar-refractivity contribution in [2.45, 2.75) is 39.4 Å². The lowest BCUT2D eigenvalue weighted by Gasteiger charge is -2.25. The molecule has 30 heavy (non-hydrogen) atoms. The van der Waals surface area contributed by atoms with Gasteiger partial charge in [0.05, 0.1) is 5.69 Å². The van der Waals surface area contributed by atoms with Gasteiger partial charge in [-0.05, 0) is 56.5 Å². The van der Waals surface area contributed by atoms with Gasteiger partial charge < -0.3 is 9.47 Å². The monoisotopic (exact) mass is 408 g/mol. The molecule has 2 amide bonds. The van der Waals surface area contributed by atoms with E-state index in [-0.39, 0.29) is 12.7 Å². The summed E-state index contributed by atoms with van der Waals surface area (Å²) in [5.41, 5.74) is 2.87. The zero-order valence-corrected chi connectivity index (χ0v) is 17.8. The van der Waals surface area contributed by atoms with Crippen molar-refractivity contribution in [3.8, 4) is 0 Å². The Morgan fingerprint density at radius 3 is 2.57 bits per heavy atom. The minimum absolute atomic E-state index is 0.199. The Bertz CT molecular complexity index is 919. The van der Waals surface area contributed by atoms with Gasteiger partial charge in [0, 0.05) is 18.8 Å². The standard InChI is InChI=1S/C24H28N2O4/c1-5-14-25(22(27)29-17-18-9-7-6-8-10-18)20-11-12-21-19(16-20)13-15-26(21)23(28)30-24(2,3)4/h5-12,16H,1,13-15,17H2,2-4H3. The van der Waals surface area contributed by atoms with Crippen molar-refractivity contribution in [3.05, 3.63) is 72.3 Å². The van der Waals surface area contributed by atoms with Crippen LogP contribution in [0.1, 0.15) is 31.9 Å². The summed E-state index contributed by atoms with van der Waals surface area (Å²) >= 11 is 0. The van der Waals surface area contributed by atoms with Crippen LogP contribution in [0.4, 0.5) is 21.0 Å². The summed E-state index contributed by atoms with van der Waals surface area (Å²) in [7, 11) is 0. The fourth-order valence-electron chi connectivity index (χ4n) is 3.27. The molecule has 0 bridgehead atoms. The van der Waals surface area contributed by atoms with E-state index in [1.807, 2.05) is 69.3 Å². The SMILES string of the molecule is C=CCN(C(=O)OCc1ccccc1)c1ccc2c(c1)CCN2C(=O)OC(C)(C)C. The number of ether oxygens (including phenoxy) is 2. The quantitative estimate of drug-likeness (QED) is 0.629. The van der Waals surface area contributed by atoms with Crippen LogP contribution in [0.25, 0.3) is 0 Å². The van der Waals surface area contributed by atoms with Gasteiger partial charge in [0.25, 0.3) is 0 Å². The van der Waals surface area contributed by atoms with E-state index in [2.05, 4.69) is 6.58 Å². The number of hydrogen-bond acceptors (Lipinski definition) is 4. The highest BCUT2D eigenvalue weighted by Crippen LogP contribution is 2.33. The Kier molecular flexibility index (Phi) is 6.45. The minimum Gasteiger partial charge on any atom is -0.444 e. The van der Waals surface area contributed by atoms with Crippen molar-refractivity contribution in [2.75, 3.05) is 22.9 Å². The van der Waals surface area contributed by atoms with Crippen LogP contribution in [0.3, 0.4) is 0 Å². The van der Waals surface area contributed by atoms with Crippen molar-refractivity contribution in [1.82, 2.24) is 0 Å². The lowest BCUT2D eigenvalue weighted by Crippen LogP contribution is -2.35. The molecule has 1 heterocycles. The molecule has 0 aromatic heterocycles. The molecule has 0 saturated heterocycles. The first kappa shape index (κ1) is 21.4. The van der Waals surface area contributed by atoms with Gasteiger partial charge in [-0.15, -0.1) is 6.58 Å². The van der Waals surface area contributed by atoms with Crippen molar-refractivity contribution in [3.63, 3.8) is 0 Å². The molecule has 0 saturated carbocycles. The number of fused-ring (bicyclic) bond motifs is 1. The second kappa shape index (κ2) is 9.03. The van der Waals surface area contributed by atoms with Crippen LogP contribution in [-0.2, 0) is 22.5 Å². The second-order valence-electron chi connectivity index (χ2n) is 8.13. The summed E-state index contributed by atoms with van der Waals surface area (Å²) < 4.78 is 11.0. The molecule has 0 atom stereocenters. The first-order valence-corrected chi connectivity index (χ1v) is 10.0. The average Bonchev–Trinajstić information content (AvgIpc) is 3.13. The van der Waals surface area contributed by atoms with Gasteiger partial charge >= 0.3 is 12.2 Å². The van der Waals surface area contributed by atoms with E-state index in [1.165, 1.54) is 4.90 Å². The van der Waals surface area contributed by atoms with Gasteiger partial charge in [-0.2, -0.15) is 0 Å². The molecule has 1 aliphatic heterocycles. The molecular weight excluding hydrogens is 380 g/mol. The predicted molar refractivity (Wildman–Crippen MR) is 118 cm³/mol. The van der Waals surface area contributed by atoms with Gasteiger partial charge in [0.1, 0.15) is 12.2 Å². The molecule has 0 spiro atoms. The van der Waals surface area contributed by atoms with E-state index in [4.69, 9.17) is 9.47 Å². The van der Waals surface area contributed by atoms with Gasteiger partial charge in [-0.3, -0.25) is 9.80 Å². The Labute approximate surface area is 177 Å². The number of anilines is 2. The van der Waals surface area contributed by atoms with E-state index in [1.54, 1.807) is 11.0 Å². The van der Waals surface area contributed by atoms with E-state index in [0.29, 0.717) is 25.2 Å². The summed E-state index contributed by atoms with van der Waals surface area (Å²) in [6.45, 7) is 10.4. The Morgan fingerprint density at radius 2 is 1.90 bits per heavy atom. The third-order valence-corrected chi connectivity index (χ3v) is 4.62. The molecule has 6 nitrogen and oxygen atoms in total. The molecule has 0 N–H and O–H groups in total. The highest BCUT2D eigenvalue weighted by atomic mass is 16.6. The number of hydrogen-bond donors (Lipinski definition) is 0. The van der Waals surface area contributed by atoms with Crippen molar-refractivity contribution < 1.29 is 19.1 Å². The molecule has 0 aliphatic carbocycles. The first-order chi connectivity index (χ1) is 14.3. The van der Waals surface area contributed by atoms with Crippen LogP contribution < -0.4 is 9.80 Å². The van der Waals surface area contributed by atoms with Gasteiger partial charge in [0.2, 0.25) is 0 Å². The Hall–Kier alpha value is -3.28.